The van der Waals surface area contributed by atoms with Crippen LogP contribution in [0.2, 0.25) is 0 Å². The predicted molar refractivity (Wildman–Crippen MR) is 88.8 cm³/mol. The van der Waals surface area contributed by atoms with Crippen LogP contribution in [0.25, 0.3) is 0 Å². The number of aromatic nitrogens is 2. The van der Waals surface area contributed by atoms with Crippen LogP contribution >= 0.6 is 0 Å². The summed E-state index contributed by atoms with van der Waals surface area (Å²) in [6, 6.07) is 5.48. The van der Waals surface area contributed by atoms with Crippen molar-refractivity contribution in [3.63, 3.8) is 0 Å². The number of hydrogen-bond acceptors (Lipinski definition) is 8. The van der Waals surface area contributed by atoms with Crippen LogP contribution in [0.1, 0.15) is 5.56 Å². The first kappa shape index (κ1) is 15.6. The number of nitrogens with zero attached hydrogens (tertiary/aromatic N) is 4. The van der Waals surface area contributed by atoms with Gasteiger partial charge in [0, 0.05) is 13.1 Å². The molecule has 25 heavy (non-hydrogen) atoms. The van der Waals surface area contributed by atoms with Crippen LogP contribution in [0.5, 0.6) is 11.5 Å². The SMILES string of the molecule is Fc1cnc(NN=Cc2ccc3c(c2)OCO3)nc1N1CCOCC1. The number of halogens is 1. The molecule has 3 heterocycles. The molecule has 0 aliphatic carbocycles. The molecule has 1 saturated heterocycles. The summed E-state index contributed by atoms with van der Waals surface area (Å²) < 4.78 is 29.8. The van der Waals surface area contributed by atoms with Gasteiger partial charge in [-0.15, -0.1) is 0 Å². The third kappa shape index (κ3) is 3.45. The lowest BCUT2D eigenvalue weighted by Gasteiger charge is -2.27. The van der Waals surface area contributed by atoms with E-state index >= 15 is 0 Å². The van der Waals surface area contributed by atoms with Gasteiger partial charge < -0.3 is 19.1 Å². The maximum absolute atomic E-state index is 14.0. The fraction of sp³-hybridized carbons (Fsp3) is 0.312. The summed E-state index contributed by atoms with van der Waals surface area (Å²) in [6.07, 6.45) is 2.74. The van der Waals surface area contributed by atoms with Crippen molar-refractivity contribution in [3.05, 3.63) is 35.8 Å². The van der Waals surface area contributed by atoms with Gasteiger partial charge in [0.1, 0.15) is 0 Å². The van der Waals surface area contributed by atoms with Gasteiger partial charge in [0.25, 0.3) is 0 Å². The van der Waals surface area contributed by atoms with Gasteiger partial charge in [-0.2, -0.15) is 10.1 Å². The molecule has 1 N–H and O–H groups in total. The molecule has 0 spiro atoms. The smallest absolute Gasteiger partial charge is 0.245 e. The lowest BCUT2D eigenvalue weighted by molar-refractivity contribution is 0.122. The molecule has 130 valence electrons. The van der Waals surface area contributed by atoms with Crippen molar-refractivity contribution < 1.29 is 18.6 Å². The van der Waals surface area contributed by atoms with Crippen molar-refractivity contribution in [2.45, 2.75) is 0 Å². The molecular weight excluding hydrogens is 329 g/mol. The van der Waals surface area contributed by atoms with Crippen molar-refractivity contribution in [1.82, 2.24) is 9.97 Å². The van der Waals surface area contributed by atoms with Gasteiger partial charge >= 0.3 is 0 Å². The van der Waals surface area contributed by atoms with Crippen LogP contribution in [0, 0.1) is 5.82 Å². The molecule has 0 radical (unpaired) electrons. The Morgan fingerprint density at radius 1 is 1.20 bits per heavy atom. The van der Waals surface area contributed by atoms with Crippen LogP contribution < -0.4 is 19.8 Å². The topological polar surface area (TPSA) is 81.1 Å². The first-order chi connectivity index (χ1) is 12.3. The summed E-state index contributed by atoms with van der Waals surface area (Å²) >= 11 is 0. The number of benzene rings is 1. The van der Waals surface area contributed by atoms with E-state index in [1.165, 1.54) is 0 Å². The third-order valence-electron chi connectivity index (χ3n) is 3.81. The number of rotatable bonds is 4. The molecule has 8 nitrogen and oxygen atoms in total. The van der Waals surface area contributed by atoms with E-state index in [-0.39, 0.29) is 18.6 Å². The van der Waals surface area contributed by atoms with Crippen molar-refractivity contribution in [1.29, 1.82) is 0 Å². The van der Waals surface area contributed by atoms with Crippen molar-refractivity contribution in [2.24, 2.45) is 5.10 Å². The number of ether oxygens (including phenoxy) is 3. The molecule has 2 aliphatic heterocycles. The molecule has 1 fully saturated rings. The van der Waals surface area contributed by atoms with E-state index in [1.807, 2.05) is 23.1 Å². The average Bonchev–Trinajstić information content (AvgIpc) is 3.12. The van der Waals surface area contributed by atoms with Gasteiger partial charge in [0.05, 0.1) is 25.6 Å². The molecule has 0 amide bonds. The van der Waals surface area contributed by atoms with E-state index in [4.69, 9.17) is 14.2 Å². The highest BCUT2D eigenvalue weighted by molar-refractivity contribution is 5.81. The maximum Gasteiger partial charge on any atom is 0.245 e. The van der Waals surface area contributed by atoms with Crippen LogP contribution in [-0.2, 0) is 4.74 Å². The molecule has 9 heteroatoms. The lowest BCUT2D eigenvalue weighted by atomic mass is 10.2. The van der Waals surface area contributed by atoms with Gasteiger partial charge in [0.15, 0.2) is 23.1 Å². The third-order valence-corrected chi connectivity index (χ3v) is 3.81. The first-order valence-electron chi connectivity index (χ1n) is 7.83. The average molecular weight is 345 g/mol. The summed E-state index contributed by atoms with van der Waals surface area (Å²) in [5.41, 5.74) is 3.54. The number of hydrogen-bond donors (Lipinski definition) is 1. The summed E-state index contributed by atoms with van der Waals surface area (Å²) in [6.45, 7) is 2.51. The minimum atomic E-state index is -0.466. The Labute approximate surface area is 143 Å². The Kier molecular flexibility index (Phi) is 4.30. The fourth-order valence-electron chi connectivity index (χ4n) is 2.57. The number of hydrazone groups is 1. The minimum absolute atomic E-state index is 0.222. The zero-order valence-corrected chi connectivity index (χ0v) is 13.3. The van der Waals surface area contributed by atoms with E-state index in [0.717, 1.165) is 11.8 Å². The molecule has 2 aromatic rings. The number of fused-ring (bicyclic) bond motifs is 1. The lowest BCUT2D eigenvalue weighted by Crippen LogP contribution is -2.37. The highest BCUT2D eigenvalue weighted by atomic mass is 19.1. The summed E-state index contributed by atoms with van der Waals surface area (Å²) in [5, 5.41) is 4.09. The zero-order valence-electron chi connectivity index (χ0n) is 13.3. The van der Waals surface area contributed by atoms with E-state index in [0.29, 0.717) is 37.8 Å². The van der Waals surface area contributed by atoms with Crippen molar-refractivity contribution in [3.8, 4) is 11.5 Å². The van der Waals surface area contributed by atoms with Crippen LogP contribution in [-0.4, -0.2) is 49.3 Å². The second-order valence-electron chi connectivity index (χ2n) is 5.45. The summed E-state index contributed by atoms with van der Waals surface area (Å²) in [7, 11) is 0. The Morgan fingerprint density at radius 3 is 2.92 bits per heavy atom. The van der Waals surface area contributed by atoms with E-state index in [2.05, 4.69) is 20.5 Å². The van der Waals surface area contributed by atoms with Gasteiger partial charge in [-0.3, -0.25) is 0 Å². The van der Waals surface area contributed by atoms with Gasteiger partial charge in [0.2, 0.25) is 12.7 Å². The molecule has 0 saturated carbocycles. The highest BCUT2D eigenvalue weighted by Crippen LogP contribution is 2.32. The quantitative estimate of drug-likeness (QED) is 0.666. The van der Waals surface area contributed by atoms with E-state index in [1.54, 1.807) is 6.21 Å². The number of nitrogens with one attached hydrogen (secondary N) is 1. The standard InChI is InChI=1S/C16H16FN5O3/c17-12-9-18-16(20-15(12)22-3-5-23-6-4-22)21-19-8-11-1-2-13-14(7-11)25-10-24-13/h1-2,7-9H,3-6,10H2,(H,18,20,21). The summed E-state index contributed by atoms with van der Waals surface area (Å²) in [4.78, 5) is 9.94. The van der Waals surface area contributed by atoms with Crippen LogP contribution in [0.3, 0.4) is 0 Å². The zero-order chi connectivity index (χ0) is 17.1. The molecule has 2 aliphatic rings. The van der Waals surface area contributed by atoms with Gasteiger partial charge in [-0.1, -0.05) is 0 Å². The normalized spacial score (nSPS) is 16.4. The Morgan fingerprint density at radius 2 is 2.04 bits per heavy atom. The second kappa shape index (κ2) is 6.89. The molecule has 0 bridgehead atoms. The van der Waals surface area contributed by atoms with Gasteiger partial charge in [-0.25, -0.2) is 14.8 Å². The Hall–Kier alpha value is -2.94. The molecule has 1 aromatic heterocycles. The monoisotopic (exact) mass is 345 g/mol. The maximum atomic E-state index is 14.0. The van der Waals surface area contributed by atoms with E-state index < -0.39 is 5.82 Å². The number of anilines is 2. The molecule has 0 atom stereocenters. The fourth-order valence-corrected chi connectivity index (χ4v) is 2.57. The molecular formula is C16H16FN5O3. The van der Waals surface area contributed by atoms with Crippen LogP contribution in [0.15, 0.2) is 29.5 Å². The van der Waals surface area contributed by atoms with Crippen molar-refractivity contribution >= 4 is 18.0 Å². The van der Waals surface area contributed by atoms with E-state index in [9.17, 15) is 4.39 Å². The first-order valence-corrected chi connectivity index (χ1v) is 7.83. The molecule has 0 unspecified atom stereocenters. The van der Waals surface area contributed by atoms with Crippen LogP contribution in [0.4, 0.5) is 16.2 Å². The molecule has 1 aromatic carbocycles. The van der Waals surface area contributed by atoms with Crippen molar-refractivity contribution in [2.75, 3.05) is 43.4 Å². The Bertz CT molecular complexity index is 795. The predicted octanol–water partition coefficient (Wildman–Crippen LogP) is 1.63. The Balaban J connectivity index is 1.45. The summed E-state index contributed by atoms with van der Waals surface area (Å²) in [5.74, 6) is 1.39. The number of morpholine rings is 1. The minimum Gasteiger partial charge on any atom is -0.454 e. The largest absolute Gasteiger partial charge is 0.454 e. The van der Waals surface area contributed by atoms with Gasteiger partial charge in [-0.05, 0) is 23.8 Å². The highest BCUT2D eigenvalue weighted by Gasteiger charge is 2.17. The second-order valence-corrected chi connectivity index (χ2v) is 5.45. The molecule has 4 rings (SSSR count).